The highest BCUT2D eigenvalue weighted by atomic mass is 32.2. The van der Waals surface area contributed by atoms with Crippen LogP contribution in [0.1, 0.15) is 25.7 Å². The van der Waals surface area contributed by atoms with Gasteiger partial charge in [-0.05, 0) is 80.8 Å². The molecule has 1 saturated carbocycles. The van der Waals surface area contributed by atoms with Gasteiger partial charge in [0, 0.05) is 6.26 Å². The molecular weight excluding hydrogens is 379 g/mol. The predicted octanol–water partition coefficient (Wildman–Crippen LogP) is 3.77. The van der Waals surface area contributed by atoms with Crippen LogP contribution in [0.2, 0.25) is 0 Å². The topological polar surface area (TPSA) is 46.6 Å². The van der Waals surface area contributed by atoms with Gasteiger partial charge in [0.05, 0.1) is 18.0 Å². The lowest BCUT2D eigenvalue weighted by atomic mass is 9.90. The van der Waals surface area contributed by atoms with E-state index in [1.54, 1.807) is 24.3 Å². The van der Waals surface area contributed by atoms with Crippen LogP contribution in [0.25, 0.3) is 0 Å². The maximum Gasteiger partial charge on any atom is 0.401 e. The van der Waals surface area contributed by atoms with Crippen molar-refractivity contribution in [3.05, 3.63) is 24.3 Å². The molecule has 1 aliphatic heterocycles. The molecule has 0 bridgehead atoms. The first kappa shape index (κ1) is 20.5. The van der Waals surface area contributed by atoms with Crippen molar-refractivity contribution in [2.75, 3.05) is 32.5 Å². The number of nitrogens with zero attached hydrogens (tertiary/aromatic N) is 1. The van der Waals surface area contributed by atoms with E-state index in [1.165, 1.54) is 11.2 Å². The number of ether oxygens (including phenoxy) is 1. The van der Waals surface area contributed by atoms with E-state index in [-0.39, 0.29) is 4.90 Å². The van der Waals surface area contributed by atoms with Crippen LogP contribution in [-0.2, 0) is 9.84 Å². The zero-order chi connectivity index (χ0) is 19.7. The molecule has 3 rings (SSSR count). The summed E-state index contributed by atoms with van der Waals surface area (Å²) in [6.45, 7) is 0.860. The zero-order valence-corrected chi connectivity index (χ0v) is 16.2. The molecule has 0 radical (unpaired) electrons. The van der Waals surface area contributed by atoms with Gasteiger partial charge >= 0.3 is 6.18 Å². The second-order valence-electron chi connectivity index (χ2n) is 7.77. The van der Waals surface area contributed by atoms with Crippen LogP contribution in [-0.4, -0.2) is 52.0 Å². The Kier molecular flexibility index (Phi) is 6.05. The van der Waals surface area contributed by atoms with Gasteiger partial charge in [-0.2, -0.15) is 13.2 Å². The van der Waals surface area contributed by atoms with Crippen LogP contribution in [0, 0.1) is 17.8 Å². The summed E-state index contributed by atoms with van der Waals surface area (Å²) in [5.41, 5.74) is 0. The van der Waals surface area contributed by atoms with Gasteiger partial charge < -0.3 is 4.74 Å². The van der Waals surface area contributed by atoms with Gasteiger partial charge in [-0.1, -0.05) is 0 Å². The summed E-state index contributed by atoms with van der Waals surface area (Å²) in [5.74, 6) is 2.40. The first-order valence-corrected chi connectivity index (χ1v) is 11.2. The summed E-state index contributed by atoms with van der Waals surface area (Å²) in [6.07, 6.45) is 0.840. The molecule has 1 aromatic rings. The van der Waals surface area contributed by atoms with Crippen molar-refractivity contribution in [3.8, 4) is 5.75 Å². The van der Waals surface area contributed by atoms with E-state index >= 15 is 0 Å². The Morgan fingerprint density at radius 1 is 1.15 bits per heavy atom. The molecule has 1 saturated heterocycles. The monoisotopic (exact) mass is 405 g/mol. The van der Waals surface area contributed by atoms with Crippen LogP contribution >= 0.6 is 0 Å². The van der Waals surface area contributed by atoms with E-state index in [1.807, 2.05) is 0 Å². The maximum atomic E-state index is 12.4. The minimum Gasteiger partial charge on any atom is -0.494 e. The molecule has 1 heterocycles. The van der Waals surface area contributed by atoms with Crippen LogP contribution in [0.3, 0.4) is 0 Å². The van der Waals surface area contributed by atoms with Crippen molar-refractivity contribution in [1.29, 1.82) is 0 Å². The molecule has 2 unspecified atom stereocenters. The van der Waals surface area contributed by atoms with Gasteiger partial charge in [-0.15, -0.1) is 0 Å². The van der Waals surface area contributed by atoms with Crippen LogP contribution in [0.5, 0.6) is 5.75 Å². The fourth-order valence-electron chi connectivity index (χ4n) is 4.08. The Balaban J connectivity index is 1.35. The molecule has 1 aromatic carbocycles. The SMILES string of the molecule is CS(=O)(=O)c1ccc(OCCC2CC2C2CCN(CC(F)(F)F)CC2)cc1. The van der Waals surface area contributed by atoms with E-state index in [4.69, 9.17) is 4.74 Å². The third-order valence-electron chi connectivity index (χ3n) is 5.63. The van der Waals surface area contributed by atoms with Crippen molar-refractivity contribution < 1.29 is 26.3 Å². The minimum atomic E-state index is -4.11. The average molecular weight is 405 g/mol. The number of likely N-dealkylation sites (tertiary alicyclic amines) is 1. The Bertz CT molecular complexity index is 726. The number of hydrogen-bond donors (Lipinski definition) is 0. The van der Waals surface area contributed by atoms with E-state index < -0.39 is 22.6 Å². The number of sulfone groups is 1. The first-order valence-electron chi connectivity index (χ1n) is 9.34. The van der Waals surface area contributed by atoms with Crippen molar-refractivity contribution >= 4 is 9.84 Å². The molecule has 0 aromatic heterocycles. The molecular formula is C19H26F3NO3S. The predicted molar refractivity (Wildman–Crippen MR) is 96.5 cm³/mol. The summed E-state index contributed by atoms with van der Waals surface area (Å²) in [4.78, 5) is 1.78. The Morgan fingerprint density at radius 2 is 1.78 bits per heavy atom. The van der Waals surface area contributed by atoms with E-state index in [0.29, 0.717) is 43.2 Å². The van der Waals surface area contributed by atoms with Crippen LogP contribution in [0.15, 0.2) is 29.2 Å². The van der Waals surface area contributed by atoms with Crippen molar-refractivity contribution in [1.82, 2.24) is 4.90 Å². The molecule has 0 spiro atoms. The van der Waals surface area contributed by atoms with Gasteiger partial charge in [-0.25, -0.2) is 8.42 Å². The fraction of sp³-hybridized carbons (Fsp3) is 0.684. The van der Waals surface area contributed by atoms with Gasteiger partial charge in [0.15, 0.2) is 9.84 Å². The second-order valence-corrected chi connectivity index (χ2v) is 9.78. The van der Waals surface area contributed by atoms with Crippen molar-refractivity contribution in [2.45, 2.75) is 36.8 Å². The van der Waals surface area contributed by atoms with E-state index in [2.05, 4.69) is 0 Å². The largest absolute Gasteiger partial charge is 0.494 e. The third-order valence-corrected chi connectivity index (χ3v) is 6.76. The molecule has 2 atom stereocenters. The van der Waals surface area contributed by atoms with E-state index in [9.17, 15) is 21.6 Å². The molecule has 2 fully saturated rings. The molecule has 27 heavy (non-hydrogen) atoms. The summed E-state index contributed by atoms with van der Waals surface area (Å²) in [6, 6.07) is 6.41. The van der Waals surface area contributed by atoms with Crippen LogP contribution in [0.4, 0.5) is 13.2 Å². The van der Waals surface area contributed by atoms with Crippen molar-refractivity contribution in [3.63, 3.8) is 0 Å². The van der Waals surface area contributed by atoms with E-state index in [0.717, 1.165) is 25.7 Å². The highest BCUT2D eigenvalue weighted by Crippen LogP contribution is 2.49. The number of piperidine rings is 1. The normalized spacial score (nSPS) is 24.7. The van der Waals surface area contributed by atoms with Gasteiger partial charge in [0.1, 0.15) is 5.75 Å². The number of hydrogen-bond acceptors (Lipinski definition) is 4. The Labute approximate surface area is 158 Å². The standard InChI is InChI=1S/C19H26F3NO3S/c1-27(24,25)17-4-2-16(3-5-17)26-11-8-15-12-18(15)14-6-9-23(10-7-14)13-19(20,21)22/h2-5,14-15,18H,6-13H2,1H3. The third kappa shape index (κ3) is 6.10. The summed E-state index contributed by atoms with van der Waals surface area (Å²) in [5, 5.41) is 0. The molecule has 4 nitrogen and oxygen atoms in total. The summed E-state index contributed by atoms with van der Waals surface area (Å²) in [7, 11) is -3.20. The summed E-state index contributed by atoms with van der Waals surface area (Å²) < 4.78 is 65.9. The molecule has 0 N–H and O–H groups in total. The maximum absolute atomic E-state index is 12.4. The number of benzene rings is 1. The fourth-order valence-corrected chi connectivity index (χ4v) is 4.71. The lowest BCUT2D eigenvalue weighted by Gasteiger charge is -2.32. The molecule has 8 heteroatoms. The number of alkyl halides is 3. The van der Waals surface area contributed by atoms with Gasteiger partial charge in [-0.3, -0.25) is 4.90 Å². The average Bonchev–Trinajstić information content (AvgIpc) is 3.33. The lowest BCUT2D eigenvalue weighted by molar-refractivity contribution is -0.148. The zero-order valence-electron chi connectivity index (χ0n) is 15.4. The van der Waals surface area contributed by atoms with Crippen LogP contribution < -0.4 is 4.74 Å². The second kappa shape index (κ2) is 7.99. The van der Waals surface area contributed by atoms with Gasteiger partial charge in [0.2, 0.25) is 0 Å². The lowest BCUT2D eigenvalue weighted by Crippen LogP contribution is -2.40. The molecule has 2 aliphatic rings. The Morgan fingerprint density at radius 3 is 2.33 bits per heavy atom. The highest BCUT2D eigenvalue weighted by molar-refractivity contribution is 7.90. The smallest absolute Gasteiger partial charge is 0.401 e. The number of halogens is 3. The summed E-state index contributed by atoms with van der Waals surface area (Å²) >= 11 is 0. The quantitative estimate of drug-likeness (QED) is 0.693. The first-order chi connectivity index (χ1) is 12.6. The highest BCUT2D eigenvalue weighted by Gasteiger charge is 2.43. The molecule has 1 aliphatic carbocycles. The minimum absolute atomic E-state index is 0.272. The molecule has 152 valence electrons. The number of rotatable bonds is 7. The van der Waals surface area contributed by atoms with Crippen molar-refractivity contribution in [2.24, 2.45) is 17.8 Å². The van der Waals surface area contributed by atoms with Gasteiger partial charge in [0.25, 0.3) is 0 Å². The Hall–Kier alpha value is -1.28. The molecule has 0 amide bonds.